The molecule has 0 aromatic carbocycles. The van der Waals surface area contributed by atoms with Gasteiger partial charge >= 0.3 is 0 Å². The van der Waals surface area contributed by atoms with E-state index in [2.05, 4.69) is 20.8 Å². The van der Waals surface area contributed by atoms with Crippen LogP contribution in [0.1, 0.15) is 111 Å². The number of hydrogen-bond donors (Lipinski definition) is 1. The highest BCUT2D eigenvalue weighted by atomic mass is 16.3. The smallest absolute Gasteiger partial charge is 0.0574 e. The number of fused-ring (bicyclic) bond motifs is 5. The molecule has 6 unspecified atom stereocenters. The highest BCUT2D eigenvalue weighted by Crippen LogP contribution is 2.65. The first-order valence-electron chi connectivity index (χ1n) is 12.7. The fourth-order valence-corrected chi connectivity index (χ4v) is 8.91. The third kappa shape index (κ3) is 3.64. The van der Waals surface area contributed by atoms with E-state index in [0.717, 1.165) is 41.9 Å². The van der Waals surface area contributed by atoms with E-state index in [0.29, 0.717) is 11.3 Å². The summed E-state index contributed by atoms with van der Waals surface area (Å²) >= 11 is 0. The monoisotopic (exact) mass is 374 g/mol. The van der Waals surface area contributed by atoms with Gasteiger partial charge in [0.25, 0.3) is 0 Å². The van der Waals surface area contributed by atoms with Crippen molar-refractivity contribution in [2.24, 2.45) is 46.8 Å². The van der Waals surface area contributed by atoms with Gasteiger partial charge in [0.1, 0.15) is 0 Å². The molecular formula is C26H46O. The maximum Gasteiger partial charge on any atom is 0.0574 e. The lowest BCUT2D eigenvalue weighted by molar-refractivity contribution is -0.115. The van der Waals surface area contributed by atoms with Crippen molar-refractivity contribution in [3.05, 3.63) is 0 Å². The Morgan fingerprint density at radius 1 is 0.889 bits per heavy atom. The van der Waals surface area contributed by atoms with Crippen molar-refractivity contribution in [3.63, 3.8) is 0 Å². The topological polar surface area (TPSA) is 20.2 Å². The Labute approximate surface area is 169 Å². The van der Waals surface area contributed by atoms with Crippen molar-refractivity contribution in [3.8, 4) is 0 Å². The summed E-state index contributed by atoms with van der Waals surface area (Å²) < 4.78 is 0. The van der Waals surface area contributed by atoms with E-state index in [9.17, 15) is 5.11 Å². The van der Waals surface area contributed by atoms with Crippen molar-refractivity contribution in [1.82, 2.24) is 0 Å². The van der Waals surface area contributed by atoms with Crippen LogP contribution in [0.25, 0.3) is 0 Å². The van der Waals surface area contributed by atoms with Gasteiger partial charge in [0, 0.05) is 0 Å². The van der Waals surface area contributed by atoms with E-state index < -0.39 is 0 Å². The van der Waals surface area contributed by atoms with Gasteiger partial charge in [-0.2, -0.15) is 0 Å². The van der Waals surface area contributed by atoms with Crippen molar-refractivity contribution < 1.29 is 5.11 Å². The number of aliphatic hydroxyl groups excluding tert-OH is 1. The van der Waals surface area contributed by atoms with Gasteiger partial charge in [-0.3, -0.25) is 0 Å². The molecule has 0 spiro atoms. The van der Waals surface area contributed by atoms with Gasteiger partial charge in [-0.05, 0) is 91.8 Å². The normalized spacial score (nSPS) is 47.8. The summed E-state index contributed by atoms with van der Waals surface area (Å²) in [6.45, 7) is 7.57. The zero-order chi connectivity index (χ0) is 19.0. The Balaban J connectivity index is 1.44. The minimum atomic E-state index is 0.0180. The van der Waals surface area contributed by atoms with Crippen LogP contribution in [0.15, 0.2) is 0 Å². The minimum absolute atomic E-state index is 0.0180. The highest BCUT2D eigenvalue weighted by molar-refractivity contribution is 5.07. The van der Waals surface area contributed by atoms with Crippen LogP contribution >= 0.6 is 0 Å². The first kappa shape index (κ1) is 20.2. The molecule has 0 bridgehead atoms. The van der Waals surface area contributed by atoms with E-state index in [1.165, 1.54) is 83.5 Å². The Bertz CT molecular complexity index is 487. The molecule has 0 saturated heterocycles. The summed E-state index contributed by atoms with van der Waals surface area (Å²) in [7, 11) is 0. The Morgan fingerprint density at radius 3 is 2.41 bits per heavy atom. The number of rotatable bonds is 6. The Hall–Kier alpha value is -0.0400. The number of hydrogen-bond acceptors (Lipinski definition) is 1. The molecule has 9 atom stereocenters. The average molecular weight is 375 g/mol. The first-order chi connectivity index (χ1) is 13.1. The molecule has 0 aliphatic heterocycles. The van der Waals surface area contributed by atoms with E-state index in [4.69, 9.17) is 0 Å². The van der Waals surface area contributed by atoms with E-state index in [1.807, 2.05) is 0 Å². The minimum Gasteiger partial charge on any atom is -0.393 e. The van der Waals surface area contributed by atoms with Gasteiger partial charge in [0.15, 0.2) is 0 Å². The summed E-state index contributed by atoms with van der Waals surface area (Å²) in [5, 5.41) is 11.0. The quantitative estimate of drug-likeness (QED) is 0.486. The molecule has 0 amide bonds. The van der Waals surface area contributed by atoms with Gasteiger partial charge in [-0.15, -0.1) is 0 Å². The Morgan fingerprint density at radius 2 is 1.63 bits per heavy atom. The van der Waals surface area contributed by atoms with Crippen LogP contribution in [-0.4, -0.2) is 11.2 Å². The first-order valence-corrected chi connectivity index (χ1v) is 12.7. The van der Waals surface area contributed by atoms with Crippen LogP contribution < -0.4 is 0 Å². The molecule has 4 aliphatic carbocycles. The zero-order valence-corrected chi connectivity index (χ0v) is 18.5. The second-order valence-corrected chi connectivity index (χ2v) is 11.4. The molecule has 4 aliphatic rings. The van der Waals surface area contributed by atoms with Gasteiger partial charge in [0.2, 0.25) is 0 Å². The molecule has 4 rings (SSSR count). The lowest BCUT2D eigenvalue weighted by Crippen LogP contribution is -2.52. The van der Waals surface area contributed by atoms with E-state index >= 15 is 0 Å². The molecule has 156 valence electrons. The summed E-state index contributed by atoms with van der Waals surface area (Å²) in [6, 6.07) is 0. The largest absolute Gasteiger partial charge is 0.393 e. The second-order valence-electron chi connectivity index (χ2n) is 11.4. The van der Waals surface area contributed by atoms with Crippen LogP contribution in [-0.2, 0) is 0 Å². The molecule has 0 heterocycles. The molecular weight excluding hydrogens is 328 g/mol. The van der Waals surface area contributed by atoms with Crippen molar-refractivity contribution >= 4 is 0 Å². The molecule has 4 saturated carbocycles. The number of unbranched alkanes of at least 4 members (excludes halogenated alkanes) is 3. The second kappa shape index (κ2) is 8.37. The van der Waals surface area contributed by atoms with Gasteiger partial charge in [-0.25, -0.2) is 0 Å². The fraction of sp³-hybridized carbons (Fsp3) is 1.00. The summed E-state index contributed by atoms with van der Waals surface area (Å²) in [5.41, 5.74) is 0.576. The summed E-state index contributed by atoms with van der Waals surface area (Å²) in [5.74, 6) is 6.08. The molecule has 0 aromatic rings. The van der Waals surface area contributed by atoms with Gasteiger partial charge < -0.3 is 5.11 Å². The van der Waals surface area contributed by atoms with Crippen molar-refractivity contribution in [2.75, 3.05) is 0 Å². The Kier molecular flexibility index (Phi) is 6.27. The zero-order valence-electron chi connectivity index (χ0n) is 18.5. The summed E-state index contributed by atoms with van der Waals surface area (Å²) in [6.07, 6.45) is 19.7. The van der Waals surface area contributed by atoms with Crippen LogP contribution in [0.4, 0.5) is 0 Å². The highest BCUT2D eigenvalue weighted by Gasteiger charge is 2.58. The van der Waals surface area contributed by atoms with Gasteiger partial charge in [-0.1, -0.05) is 65.7 Å². The standard InChI is InChI=1S/C26H46O/c1-4-5-6-7-10-18(2)23-13-14-24-22-17-25(27)21-12-9-8-11-19(21)20(22)15-16-26(23,24)3/h18-25,27H,4-17H2,1-3H3/t18-,19?,20-,21?,22?,23?,24?,25+,26?/m1/s1. The van der Waals surface area contributed by atoms with Crippen LogP contribution in [0, 0.1) is 46.8 Å². The predicted octanol–water partition coefficient (Wildman–Crippen LogP) is 7.22. The third-order valence-electron chi connectivity index (χ3n) is 10.2. The average Bonchev–Trinajstić information content (AvgIpc) is 3.03. The molecule has 4 fully saturated rings. The lowest BCUT2D eigenvalue weighted by atomic mass is 9.48. The molecule has 0 aromatic heterocycles. The van der Waals surface area contributed by atoms with Gasteiger partial charge in [0.05, 0.1) is 6.10 Å². The number of aliphatic hydroxyl groups is 1. The maximum atomic E-state index is 11.0. The van der Waals surface area contributed by atoms with Crippen molar-refractivity contribution in [2.45, 2.75) is 117 Å². The van der Waals surface area contributed by atoms with E-state index in [-0.39, 0.29) is 6.10 Å². The molecule has 27 heavy (non-hydrogen) atoms. The predicted molar refractivity (Wildman–Crippen MR) is 115 cm³/mol. The SMILES string of the molecule is CCCCCC[C@@H](C)C1CCC2C3C[C@H](O)C4CCCCC4[C@H]3CCC21C. The lowest BCUT2D eigenvalue weighted by Gasteiger charge is -2.57. The molecule has 1 nitrogen and oxygen atoms in total. The summed E-state index contributed by atoms with van der Waals surface area (Å²) in [4.78, 5) is 0. The van der Waals surface area contributed by atoms with E-state index in [1.54, 1.807) is 0 Å². The maximum absolute atomic E-state index is 11.0. The molecule has 1 heteroatoms. The molecule has 0 radical (unpaired) electrons. The van der Waals surface area contributed by atoms with Crippen molar-refractivity contribution in [1.29, 1.82) is 0 Å². The third-order valence-corrected chi connectivity index (χ3v) is 10.2. The van der Waals surface area contributed by atoms with Crippen LogP contribution in [0.5, 0.6) is 0 Å². The van der Waals surface area contributed by atoms with Crippen LogP contribution in [0.2, 0.25) is 0 Å². The van der Waals surface area contributed by atoms with Crippen LogP contribution in [0.3, 0.4) is 0 Å². The fourth-order valence-electron chi connectivity index (χ4n) is 8.91. The molecule has 1 N–H and O–H groups in total.